The first kappa shape index (κ1) is 29.1. The fourth-order valence-electron chi connectivity index (χ4n) is 9.18. The van der Waals surface area contributed by atoms with Crippen LogP contribution in [0, 0.1) is 6.92 Å². The maximum atomic E-state index is 3.85. The summed E-state index contributed by atoms with van der Waals surface area (Å²) in [6.45, 7) is 7.38. The van der Waals surface area contributed by atoms with Gasteiger partial charge in [0.05, 0.1) is 5.54 Å². The molecule has 2 atom stereocenters. The lowest BCUT2D eigenvalue weighted by atomic mass is 9.58. The smallest absolute Gasteiger partial charge is 0.198 e. The molecule has 2 unspecified atom stereocenters. The van der Waals surface area contributed by atoms with Crippen LogP contribution in [0.2, 0.25) is 0 Å². The summed E-state index contributed by atoms with van der Waals surface area (Å²) in [5.74, 6) is 0. The van der Waals surface area contributed by atoms with E-state index in [0.717, 1.165) is 18.7 Å². The number of benzene rings is 6. The van der Waals surface area contributed by atoms with E-state index in [4.69, 9.17) is 0 Å². The number of para-hydroxylation sites is 1. The van der Waals surface area contributed by atoms with Crippen LogP contribution >= 0.6 is 0 Å². The molecule has 1 aliphatic carbocycles. The second-order valence-electron chi connectivity index (χ2n) is 14.6. The van der Waals surface area contributed by atoms with Gasteiger partial charge in [-0.1, -0.05) is 128 Å². The second kappa shape index (κ2) is 11.0. The van der Waals surface area contributed by atoms with Crippen molar-refractivity contribution in [1.29, 1.82) is 0 Å². The number of nitrogens with zero attached hydrogens (tertiary/aromatic N) is 1. The number of fused-ring (bicyclic) bond motifs is 5. The Balaban J connectivity index is 1.21. The molecule has 1 saturated carbocycles. The van der Waals surface area contributed by atoms with E-state index in [2.05, 4.69) is 164 Å². The van der Waals surface area contributed by atoms with Crippen molar-refractivity contribution in [3.05, 3.63) is 145 Å². The molecule has 0 spiro atoms. The minimum Gasteiger partial charge on any atom is -0.355 e. The van der Waals surface area contributed by atoms with E-state index in [1.54, 1.807) is 5.56 Å². The topological polar surface area (TPSA) is 15.3 Å². The van der Waals surface area contributed by atoms with Gasteiger partial charge >= 0.3 is 0 Å². The van der Waals surface area contributed by atoms with Crippen LogP contribution in [0.5, 0.6) is 0 Å². The maximum Gasteiger partial charge on any atom is 0.198 e. The van der Waals surface area contributed by atoms with Gasteiger partial charge in [-0.3, -0.25) is 0 Å². The Hall–Kier alpha value is -5.02. The van der Waals surface area contributed by atoms with E-state index < -0.39 is 0 Å². The standard InChI is InChI=1S/C45H41BN2/c1-30-27-37(42-41(28-30)48-43-38(17-12-18-39(43)46-42)44(2)25-10-11-26-45(44,48)3)36-29-34(32-15-8-5-9-16-32)21-24-40(36)47-35-22-19-33(20-23-35)31-13-6-4-7-14-31/h4-9,12-24,27-29,46-47H,10-11,25-26H2,1-3H3. The van der Waals surface area contributed by atoms with E-state index in [1.807, 2.05) is 0 Å². The van der Waals surface area contributed by atoms with Crippen molar-refractivity contribution in [3.8, 4) is 33.4 Å². The summed E-state index contributed by atoms with van der Waals surface area (Å²) in [5.41, 5.74) is 18.6. The molecule has 234 valence electrons. The Morgan fingerprint density at radius 3 is 2.04 bits per heavy atom. The summed E-state index contributed by atoms with van der Waals surface area (Å²) in [6, 6.07) is 49.2. The zero-order chi connectivity index (χ0) is 32.5. The van der Waals surface area contributed by atoms with Gasteiger partial charge in [0.25, 0.3) is 0 Å². The third-order valence-corrected chi connectivity index (χ3v) is 11.9. The molecule has 0 amide bonds. The van der Waals surface area contributed by atoms with Gasteiger partial charge < -0.3 is 10.2 Å². The van der Waals surface area contributed by atoms with Gasteiger partial charge in [0.15, 0.2) is 7.28 Å². The molecule has 48 heavy (non-hydrogen) atoms. The van der Waals surface area contributed by atoms with E-state index in [-0.39, 0.29) is 11.0 Å². The van der Waals surface area contributed by atoms with Crippen molar-refractivity contribution in [2.45, 2.75) is 57.4 Å². The average Bonchev–Trinajstić information content (AvgIpc) is 3.34. The molecule has 2 aliphatic heterocycles. The molecule has 6 aromatic carbocycles. The molecule has 0 bridgehead atoms. The summed E-state index contributed by atoms with van der Waals surface area (Å²) in [5, 5.41) is 3.85. The summed E-state index contributed by atoms with van der Waals surface area (Å²) < 4.78 is 0. The molecule has 0 radical (unpaired) electrons. The third kappa shape index (κ3) is 4.40. The van der Waals surface area contributed by atoms with E-state index >= 15 is 0 Å². The van der Waals surface area contributed by atoms with Crippen LogP contribution in [0.4, 0.5) is 22.7 Å². The molecule has 3 heteroatoms. The summed E-state index contributed by atoms with van der Waals surface area (Å²) in [7, 11) is 0.942. The minimum absolute atomic E-state index is 0.0530. The summed E-state index contributed by atoms with van der Waals surface area (Å²) >= 11 is 0. The Morgan fingerprint density at radius 1 is 0.625 bits per heavy atom. The highest BCUT2D eigenvalue weighted by molar-refractivity contribution is 6.73. The van der Waals surface area contributed by atoms with Crippen LogP contribution in [-0.4, -0.2) is 12.8 Å². The highest BCUT2D eigenvalue weighted by atomic mass is 15.3. The highest BCUT2D eigenvalue weighted by Gasteiger charge is 2.59. The van der Waals surface area contributed by atoms with E-state index in [9.17, 15) is 0 Å². The fourth-order valence-corrected chi connectivity index (χ4v) is 9.18. The molecular formula is C45H41BN2. The van der Waals surface area contributed by atoms with Crippen molar-refractivity contribution < 1.29 is 0 Å². The predicted molar refractivity (Wildman–Crippen MR) is 206 cm³/mol. The van der Waals surface area contributed by atoms with Gasteiger partial charge in [-0.15, -0.1) is 0 Å². The molecular weight excluding hydrogens is 579 g/mol. The van der Waals surface area contributed by atoms with Gasteiger partial charge in [0.2, 0.25) is 0 Å². The summed E-state index contributed by atoms with van der Waals surface area (Å²) in [6.07, 6.45) is 5.07. The zero-order valence-electron chi connectivity index (χ0n) is 28.2. The van der Waals surface area contributed by atoms with Crippen LogP contribution in [-0.2, 0) is 5.41 Å². The fraction of sp³-hybridized carbons (Fsp3) is 0.200. The van der Waals surface area contributed by atoms with E-state index in [0.29, 0.717) is 0 Å². The second-order valence-corrected chi connectivity index (χ2v) is 14.6. The molecule has 1 fully saturated rings. The lowest BCUT2D eigenvalue weighted by molar-refractivity contribution is 0.195. The zero-order valence-corrected chi connectivity index (χ0v) is 28.2. The number of rotatable bonds is 5. The van der Waals surface area contributed by atoms with Crippen molar-refractivity contribution in [1.82, 2.24) is 0 Å². The molecule has 3 aliphatic rings. The maximum absolute atomic E-state index is 3.85. The SMILES string of the molecule is Cc1cc(-c2cc(-c3ccccc3)ccc2Nc2ccc(-c3ccccc3)cc2)c2c(c1)N1c3c(cccc3C3(C)CCCCC13C)B2. The molecule has 2 nitrogen and oxygen atoms in total. The normalized spacial score (nSPS) is 20.4. The number of nitrogens with one attached hydrogen (secondary N) is 1. The highest BCUT2D eigenvalue weighted by Crippen LogP contribution is 2.60. The van der Waals surface area contributed by atoms with Gasteiger partial charge in [-0.05, 0) is 101 Å². The third-order valence-electron chi connectivity index (χ3n) is 11.9. The van der Waals surface area contributed by atoms with Crippen LogP contribution in [0.1, 0.15) is 50.7 Å². The molecule has 0 saturated heterocycles. The monoisotopic (exact) mass is 620 g/mol. The van der Waals surface area contributed by atoms with Gasteiger partial charge in [0, 0.05) is 33.7 Å². The Bertz CT molecular complexity index is 2170. The van der Waals surface area contributed by atoms with Crippen LogP contribution in [0.3, 0.4) is 0 Å². The van der Waals surface area contributed by atoms with Crippen molar-refractivity contribution in [2.24, 2.45) is 0 Å². The largest absolute Gasteiger partial charge is 0.355 e. The first-order valence-corrected chi connectivity index (χ1v) is 17.6. The molecule has 2 heterocycles. The van der Waals surface area contributed by atoms with Gasteiger partial charge in [-0.25, -0.2) is 0 Å². The van der Waals surface area contributed by atoms with Crippen molar-refractivity contribution >= 4 is 41.0 Å². The molecule has 0 aromatic heterocycles. The van der Waals surface area contributed by atoms with Crippen LogP contribution in [0.15, 0.2) is 133 Å². The summed E-state index contributed by atoms with van der Waals surface area (Å²) in [4.78, 5) is 2.79. The quantitative estimate of drug-likeness (QED) is 0.193. The first-order chi connectivity index (χ1) is 23.4. The predicted octanol–water partition coefficient (Wildman–Crippen LogP) is 10.2. The lowest BCUT2D eigenvalue weighted by Crippen LogP contribution is -2.57. The first-order valence-electron chi connectivity index (χ1n) is 17.6. The molecule has 1 N–H and O–H groups in total. The van der Waals surface area contributed by atoms with E-state index in [1.165, 1.54) is 86.9 Å². The average molecular weight is 621 g/mol. The Labute approximate surface area is 285 Å². The number of aryl methyl sites for hydroxylation is 1. The number of hydrogen-bond donors (Lipinski definition) is 1. The molecule has 6 aromatic rings. The lowest BCUT2D eigenvalue weighted by Gasteiger charge is -2.51. The Kier molecular flexibility index (Phi) is 6.69. The van der Waals surface area contributed by atoms with Gasteiger partial charge in [-0.2, -0.15) is 0 Å². The van der Waals surface area contributed by atoms with Crippen LogP contribution < -0.4 is 21.1 Å². The minimum atomic E-state index is 0.0530. The number of hydrogen-bond acceptors (Lipinski definition) is 2. The van der Waals surface area contributed by atoms with Crippen molar-refractivity contribution in [3.63, 3.8) is 0 Å². The van der Waals surface area contributed by atoms with Crippen molar-refractivity contribution in [2.75, 3.05) is 10.2 Å². The van der Waals surface area contributed by atoms with Gasteiger partial charge in [0.1, 0.15) is 0 Å². The molecule has 9 rings (SSSR count). The van der Waals surface area contributed by atoms with Crippen LogP contribution in [0.25, 0.3) is 33.4 Å². The number of anilines is 4. The Morgan fingerprint density at radius 2 is 1.29 bits per heavy atom.